The zero-order chi connectivity index (χ0) is 16.7. The molecule has 0 aliphatic rings. The average Bonchev–Trinajstić information content (AvgIpc) is 2.45. The molecule has 0 saturated heterocycles. The van der Waals surface area contributed by atoms with Crippen LogP contribution in [-0.2, 0) is 10.1 Å². The van der Waals surface area contributed by atoms with Crippen molar-refractivity contribution >= 4 is 10.1 Å². The lowest BCUT2D eigenvalue weighted by Crippen LogP contribution is -2.17. The molecule has 0 amide bonds. The quantitative estimate of drug-likeness (QED) is 0.404. The van der Waals surface area contributed by atoms with Crippen molar-refractivity contribution in [2.75, 3.05) is 0 Å². The Hall–Kier alpha value is -2.36. The molecule has 2 aromatic rings. The van der Waals surface area contributed by atoms with E-state index in [0.717, 1.165) is 24.3 Å². The maximum Gasteiger partial charge on any atom is 0.345 e. The van der Waals surface area contributed by atoms with Gasteiger partial charge in [-0.1, -0.05) is 0 Å². The molecule has 0 aliphatic carbocycles. The summed E-state index contributed by atoms with van der Waals surface area (Å²) < 4.78 is 93.5. The van der Waals surface area contributed by atoms with Crippen LogP contribution in [0.3, 0.4) is 0 Å². The standard InChI is InChI=1S/C12H5F5O4S/c13-7-8(14)10(16)12(11(17)9(7)15)22(19,20)21-6-3-1-5(18)2-4-6/h1-4,18H. The molecule has 0 heterocycles. The number of rotatable bonds is 3. The SMILES string of the molecule is O=S(=O)(Oc1ccc(O)cc1)c1c(F)c(F)c(F)c(F)c1F. The maximum atomic E-state index is 13.4. The van der Waals surface area contributed by atoms with Gasteiger partial charge in [0.25, 0.3) is 0 Å². The first kappa shape index (κ1) is 16.0. The van der Waals surface area contributed by atoms with Gasteiger partial charge in [0.2, 0.25) is 5.82 Å². The van der Waals surface area contributed by atoms with Crippen LogP contribution in [0.25, 0.3) is 0 Å². The summed E-state index contributed by atoms with van der Waals surface area (Å²) >= 11 is 0. The first-order valence-corrected chi connectivity index (χ1v) is 6.81. The molecule has 22 heavy (non-hydrogen) atoms. The van der Waals surface area contributed by atoms with E-state index < -0.39 is 49.8 Å². The van der Waals surface area contributed by atoms with Crippen LogP contribution in [-0.4, -0.2) is 13.5 Å². The summed E-state index contributed by atoms with van der Waals surface area (Å²) in [5.41, 5.74) is 0. The van der Waals surface area contributed by atoms with Crippen LogP contribution in [0.5, 0.6) is 11.5 Å². The average molecular weight is 340 g/mol. The van der Waals surface area contributed by atoms with Gasteiger partial charge in [0.15, 0.2) is 28.2 Å². The van der Waals surface area contributed by atoms with E-state index >= 15 is 0 Å². The second kappa shape index (κ2) is 5.44. The molecule has 4 nitrogen and oxygen atoms in total. The lowest BCUT2D eigenvalue weighted by atomic mass is 10.3. The summed E-state index contributed by atoms with van der Waals surface area (Å²) in [5, 5.41) is 9.00. The van der Waals surface area contributed by atoms with Gasteiger partial charge in [-0.25, -0.2) is 22.0 Å². The van der Waals surface area contributed by atoms with Crippen LogP contribution in [0, 0.1) is 29.1 Å². The summed E-state index contributed by atoms with van der Waals surface area (Å²) in [5.74, 6) is -13.1. The predicted molar refractivity (Wildman–Crippen MR) is 62.2 cm³/mol. The van der Waals surface area contributed by atoms with Gasteiger partial charge in [-0.05, 0) is 24.3 Å². The molecule has 1 N–H and O–H groups in total. The minimum absolute atomic E-state index is 0.263. The molecular formula is C12H5F5O4S. The Kier molecular flexibility index (Phi) is 3.96. The Morgan fingerprint density at radius 2 is 1.18 bits per heavy atom. The van der Waals surface area contributed by atoms with Gasteiger partial charge in [0.05, 0.1) is 0 Å². The van der Waals surface area contributed by atoms with Gasteiger partial charge < -0.3 is 9.29 Å². The van der Waals surface area contributed by atoms with E-state index in [1.54, 1.807) is 0 Å². The molecular weight excluding hydrogens is 335 g/mol. The van der Waals surface area contributed by atoms with Crippen molar-refractivity contribution in [1.82, 2.24) is 0 Å². The first-order chi connectivity index (χ1) is 10.1. The van der Waals surface area contributed by atoms with Crippen molar-refractivity contribution in [3.05, 3.63) is 53.4 Å². The molecule has 0 aliphatic heterocycles. The molecule has 10 heteroatoms. The summed E-state index contributed by atoms with van der Waals surface area (Å²) in [6.45, 7) is 0. The van der Waals surface area contributed by atoms with Crippen LogP contribution < -0.4 is 4.18 Å². The third-order valence-electron chi connectivity index (χ3n) is 2.46. The highest BCUT2D eigenvalue weighted by molar-refractivity contribution is 7.87. The predicted octanol–water partition coefficient (Wildman–Crippen LogP) is 2.86. The van der Waals surface area contributed by atoms with Crippen molar-refractivity contribution in [1.29, 1.82) is 0 Å². The topological polar surface area (TPSA) is 63.6 Å². The van der Waals surface area contributed by atoms with E-state index in [4.69, 9.17) is 5.11 Å². The van der Waals surface area contributed by atoms with Crippen LogP contribution in [0.2, 0.25) is 0 Å². The lowest BCUT2D eigenvalue weighted by Gasteiger charge is -2.10. The van der Waals surface area contributed by atoms with Gasteiger partial charge >= 0.3 is 10.1 Å². The fourth-order valence-electron chi connectivity index (χ4n) is 1.47. The van der Waals surface area contributed by atoms with E-state index in [9.17, 15) is 30.4 Å². The minimum atomic E-state index is -5.33. The van der Waals surface area contributed by atoms with Crippen molar-refractivity contribution < 1.29 is 39.7 Å². The van der Waals surface area contributed by atoms with Crippen molar-refractivity contribution in [2.45, 2.75) is 4.90 Å². The van der Waals surface area contributed by atoms with Crippen molar-refractivity contribution in [3.8, 4) is 11.5 Å². The number of halogens is 5. The maximum absolute atomic E-state index is 13.4. The molecule has 118 valence electrons. The molecule has 0 fully saturated rings. The third kappa shape index (κ3) is 2.69. The van der Waals surface area contributed by atoms with Crippen LogP contribution in [0.15, 0.2) is 29.2 Å². The Labute approximate surface area is 120 Å². The summed E-state index contributed by atoms with van der Waals surface area (Å²) in [6, 6.07) is 3.81. The zero-order valence-corrected chi connectivity index (χ0v) is 11.1. The van der Waals surface area contributed by atoms with E-state index in [0.29, 0.717) is 0 Å². The molecule has 0 bridgehead atoms. The van der Waals surface area contributed by atoms with E-state index in [2.05, 4.69) is 4.18 Å². The molecule has 2 rings (SSSR count). The van der Waals surface area contributed by atoms with Gasteiger partial charge in [0.1, 0.15) is 11.5 Å². The highest BCUT2D eigenvalue weighted by Gasteiger charge is 2.35. The van der Waals surface area contributed by atoms with Crippen molar-refractivity contribution in [2.24, 2.45) is 0 Å². The Balaban J connectivity index is 2.57. The van der Waals surface area contributed by atoms with Crippen LogP contribution in [0.4, 0.5) is 22.0 Å². The number of hydrogen-bond acceptors (Lipinski definition) is 4. The largest absolute Gasteiger partial charge is 0.508 e. The normalized spacial score (nSPS) is 11.5. The Morgan fingerprint density at radius 3 is 1.64 bits per heavy atom. The second-order valence-electron chi connectivity index (χ2n) is 3.93. The smallest absolute Gasteiger partial charge is 0.345 e. The fourth-order valence-corrected chi connectivity index (χ4v) is 2.54. The molecule has 0 aromatic heterocycles. The highest BCUT2D eigenvalue weighted by atomic mass is 32.2. The van der Waals surface area contributed by atoms with Gasteiger partial charge in [-0.15, -0.1) is 0 Å². The third-order valence-corrected chi connectivity index (χ3v) is 3.73. The fraction of sp³-hybridized carbons (Fsp3) is 0. The van der Waals surface area contributed by atoms with E-state index in [1.165, 1.54) is 0 Å². The van der Waals surface area contributed by atoms with Gasteiger partial charge in [-0.3, -0.25) is 0 Å². The summed E-state index contributed by atoms with van der Waals surface area (Å²) in [6.07, 6.45) is 0. The molecule has 0 saturated carbocycles. The molecule has 0 atom stereocenters. The van der Waals surface area contributed by atoms with E-state index in [-0.39, 0.29) is 5.75 Å². The van der Waals surface area contributed by atoms with Crippen LogP contribution in [0.1, 0.15) is 0 Å². The zero-order valence-electron chi connectivity index (χ0n) is 10.3. The Bertz CT molecular complexity index is 805. The minimum Gasteiger partial charge on any atom is -0.508 e. The number of hydrogen-bond donors (Lipinski definition) is 1. The summed E-state index contributed by atoms with van der Waals surface area (Å²) in [4.78, 5) is -2.10. The second-order valence-corrected chi connectivity index (χ2v) is 5.41. The van der Waals surface area contributed by atoms with Crippen LogP contribution >= 0.6 is 0 Å². The monoisotopic (exact) mass is 340 g/mol. The molecule has 0 spiro atoms. The van der Waals surface area contributed by atoms with Crippen molar-refractivity contribution in [3.63, 3.8) is 0 Å². The number of benzene rings is 2. The highest BCUT2D eigenvalue weighted by Crippen LogP contribution is 2.29. The van der Waals surface area contributed by atoms with E-state index in [1.807, 2.05) is 0 Å². The first-order valence-electron chi connectivity index (χ1n) is 5.40. The number of phenolic OH excluding ortho intramolecular Hbond substituents is 1. The summed E-state index contributed by atoms with van der Waals surface area (Å²) in [7, 11) is -5.33. The molecule has 0 unspecified atom stereocenters. The molecule has 2 aromatic carbocycles. The molecule has 0 radical (unpaired) electrons. The Morgan fingerprint density at radius 1 is 0.773 bits per heavy atom. The lowest BCUT2D eigenvalue weighted by molar-refractivity contribution is 0.352. The van der Waals surface area contributed by atoms with Gasteiger partial charge in [-0.2, -0.15) is 8.42 Å². The van der Waals surface area contributed by atoms with Gasteiger partial charge in [0, 0.05) is 0 Å². The number of aromatic hydroxyl groups is 1. The number of phenols is 1.